The SMILES string of the molecule is O=c1cc(-c2ccccc2)nc(N/N=C/c2ccc([N+](=O)[O-])o2)[nH]1. The van der Waals surface area contributed by atoms with E-state index in [0.29, 0.717) is 5.69 Å². The van der Waals surface area contributed by atoms with Gasteiger partial charge in [-0.25, -0.2) is 10.4 Å². The maximum atomic E-state index is 11.7. The van der Waals surface area contributed by atoms with Crippen LogP contribution in [0.3, 0.4) is 0 Å². The van der Waals surface area contributed by atoms with E-state index in [1.54, 1.807) is 0 Å². The molecule has 0 aliphatic heterocycles. The number of anilines is 1. The Balaban J connectivity index is 1.77. The van der Waals surface area contributed by atoms with Gasteiger partial charge >= 0.3 is 5.88 Å². The molecule has 3 aromatic rings. The van der Waals surface area contributed by atoms with Crippen LogP contribution in [-0.4, -0.2) is 21.1 Å². The minimum atomic E-state index is -0.646. The lowest BCUT2D eigenvalue weighted by atomic mass is 10.1. The first kappa shape index (κ1) is 15.2. The lowest BCUT2D eigenvalue weighted by Crippen LogP contribution is -2.10. The minimum absolute atomic E-state index is 0.138. The summed E-state index contributed by atoms with van der Waals surface area (Å²) in [5, 5.41) is 14.4. The fourth-order valence-electron chi connectivity index (χ4n) is 1.93. The second kappa shape index (κ2) is 6.57. The van der Waals surface area contributed by atoms with Gasteiger partial charge in [-0.05, 0) is 6.07 Å². The van der Waals surface area contributed by atoms with Crippen molar-refractivity contribution in [3.05, 3.63) is 74.8 Å². The Hall–Kier alpha value is -3.75. The van der Waals surface area contributed by atoms with Gasteiger partial charge in [0.05, 0.1) is 18.0 Å². The lowest BCUT2D eigenvalue weighted by Gasteiger charge is -2.03. The van der Waals surface area contributed by atoms with Crippen molar-refractivity contribution < 1.29 is 9.34 Å². The van der Waals surface area contributed by atoms with Crippen LogP contribution in [0, 0.1) is 10.1 Å². The van der Waals surface area contributed by atoms with Crippen molar-refractivity contribution in [3.8, 4) is 11.3 Å². The lowest BCUT2D eigenvalue weighted by molar-refractivity contribution is -0.402. The average molecular weight is 325 g/mol. The summed E-state index contributed by atoms with van der Waals surface area (Å²) < 4.78 is 4.92. The minimum Gasteiger partial charge on any atom is -0.400 e. The molecule has 2 N–H and O–H groups in total. The first-order chi connectivity index (χ1) is 11.6. The van der Waals surface area contributed by atoms with Crippen molar-refractivity contribution in [2.75, 3.05) is 5.43 Å². The van der Waals surface area contributed by atoms with Crippen molar-refractivity contribution in [2.24, 2.45) is 5.10 Å². The number of nitrogens with one attached hydrogen (secondary N) is 2. The molecule has 9 heteroatoms. The highest BCUT2D eigenvalue weighted by molar-refractivity contribution is 5.76. The summed E-state index contributed by atoms with van der Waals surface area (Å²) in [6.45, 7) is 0. The number of nitro groups is 1. The molecule has 0 radical (unpaired) electrons. The van der Waals surface area contributed by atoms with Gasteiger partial charge in [0.1, 0.15) is 4.92 Å². The van der Waals surface area contributed by atoms with Gasteiger partial charge in [-0.1, -0.05) is 30.3 Å². The van der Waals surface area contributed by atoms with Crippen LogP contribution < -0.4 is 11.0 Å². The number of hydrogen-bond donors (Lipinski definition) is 2. The van der Waals surface area contributed by atoms with E-state index in [4.69, 9.17) is 4.42 Å². The monoisotopic (exact) mass is 325 g/mol. The van der Waals surface area contributed by atoms with Crippen LogP contribution in [0.5, 0.6) is 0 Å². The second-order valence-corrected chi connectivity index (χ2v) is 4.65. The zero-order valence-corrected chi connectivity index (χ0v) is 12.2. The van der Waals surface area contributed by atoms with Crippen LogP contribution in [0.4, 0.5) is 11.8 Å². The van der Waals surface area contributed by atoms with Gasteiger partial charge in [0.2, 0.25) is 5.95 Å². The molecule has 0 amide bonds. The van der Waals surface area contributed by atoms with Gasteiger partial charge in [0, 0.05) is 11.6 Å². The van der Waals surface area contributed by atoms with E-state index in [-0.39, 0.29) is 23.2 Å². The molecule has 120 valence electrons. The molecule has 0 saturated carbocycles. The molecule has 0 unspecified atom stereocenters. The highest BCUT2D eigenvalue weighted by Crippen LogP contribution is 2.16. The van der Waals surface area contributed by atoms with Gasteiger partial charge in [0.15, 0.2) is 5.76 Å². The molecule has 2 heterocycles. The van der Waals surface area contributed by atoms with Gasteiger partial charge in [-0.3, -0.25) is 19.9 Å². The van der Waals surface area contributed by atoms with Gasteiger partial charge < -0.3 is 4.42 Å². The van der Waals surface area contributed by atoms with Crippen LogP contribution in [0.25, 0.3) is 11.3 Å². The van der Waals surface area contributed by atoms with E-state index in [9.17, 15) is 14.9 Å². The van der Waals surface area contributed by atoms with Crippen LogP contribution >= 0.6 is 0 Å². The molecule has 2 aromatic heterocycles. The molecule has 9 nitrogen and oxygen atoms in total. The van der Waals surface area contributed by atoms with E-state index in [0.717, 1.165) is 5.56 Å². The Morgan fingerprint density at radius 1 is 1.25 bits per heavy atom. The van der Waals surface area contributed by atoms with E-state index in [1.807, 2.05) is 30.3 Å². The predicted molar refractivity (Wildman–Crippen MR) is 86.9 cm³/mol. The number of aromatic nitrogens is 2. The Morgan fingerprint density at radius 3 is 2.75 bits per heavy atom. The maximum Gasteiger partial charge on any atom is 0.433 e. The topological polar surface area (TPSA) is 126 Å². The third-order valence-corrected chi connectivity index (χ3v) is 2.97. The number of rotatable bonds is 5. The van der Waals surface area contributed by atoms with Crippen molar-refractivity contribution in [2.45, 2.75) is 0 Å². The normalized spacial score (nSPS) is 10.8. The van der Waals surface area contributed by atoms with Crippen molar-refractivity contribution >= 4 is 18.0 Å². The van der Waals surface area contributed by atoms with Crippen molar-refractivity contribution in [1.82, 2.24) is 9.97 Å². The van der Waals surface area contributed by atoms with E-state index in [1.165, 1.54) is 24.4 Å². The Morgan fingerprint density at radius 2 is 2.04 bits per heavy atom. The zero-order chi connectivity index (χ0) is 16.9. The predicted octanol–water partition coefficient (Wildman–Crippen LogP) is 2.38. The highest BCUT2D eigenvalue weighted by atomic mass is 16.6. The number of hydrazone groups is 1. The molecule has 0 fully saturated rings. The smallest absolute Gasteiger partial charge is 0.400 e. The Bertz CT molecular complexity index is 946. The third-order valence-electron chi connectivity index (χ3n) is 2.97. The summed E-state index contributed by atoms with van der Waals surface area (Å²) in [5.41, 5.74) is 3.50. The first-order valence-corrected chi connectivity index (χ1v) is 6.82. The fourth-order valence-corrected chi connectivity index (χ4v) is 1.93. The van der Waals surface area contributed by atoms with Crippen LogP contribution in [-0.2, 0) is 0 Å². The van der Waals surface area contributed by atoms with Gasteiger partial charge in [-0.2, -0.15) is 5.10 Å². The maximum absolute atomic E-state index is 11.7. The fraction of sp³-hybridized carbons (Fsp3) is 0. The molecule has 24 heavy (non-hydrogen) atoms. The Kier molecular flexibility index (Phi) is 4.15. The molecule has 0 aliphatic rings. The molecule has 0 aliphatic carbocycles. The van der Waals surface area contributed by atoms with E-state index < -0.39 is 4.92 Å². The molecule has 1 aromatic carbocycles. The van der Waals surface area contributed by atoms with Crippen LogP contribution in [0.1, 0.15) is 5.76 Å². The van der Waals surface area contributed by atoms with Crippen LogP contribution in [0.2, 0.25) is 0 Å². The molecule has 0 saturated heterocycles. The van der Waals surface area contributed by atoms with E-state index >= 15 is 0 Å². The average Bonchev–Trinajstić information content (AvgIpc) is 3.04. The largest absolute Gasteiger partial charge is 0.433 e. The molecular weight excluding hydrogens is 314 g/mol. The molecule has 0 bridgehead atoms. The first-order valence-electron chi connectivity index (χ1n) is 6.82. The van der Waals surface area contributed by atoms with Gasteiger partial charge in [-0.15, -0.1) is 0 Å². The summed E-state index contributed by atoms with van der Waals surface area (Å²) in [7, 11) is 0. The van der Waals surface area contributed by atoms with Crippen LogP contribution in [0.15, 0.2) is 62.8 Å². The molecule has 0 spiro atoms. The highest BCUT2D eigenvalue weighted by Gasteiger charge is 2.10. The number of hydrogen-bond acceptors (Lipinski definition) is 7. The van der Waals surface area contributed by atoms with Crippen molar-refractivity contribution in [3.63, 3.8) is 0 Å². The third kappa shape index (κ3) is 3.53. The number of furan rings is 1. The summed E-state index contributed by atoms with van der Waals surface area (Å²) in [4.78, 5) is 28.3. The summed E-state index contributed by atoms with van der Waals surface area (Å²) in [6.07, 6.45) is 1.24. The molecular formula is C15H11N5O4. The summed E-state index contributed by atoms with van der Waals surface area (Å²) in [6, 6.07) is 13.2. The van der Waals surface area contributed by atoms with Gasteiger partial charge in [0.25, 0.3) is 5.56 Å². The van der Waals surface area contributed by atoms with Crippen molar-refractivity contribution in [1.29, 1.82) is 0 Å². The number of nitrogens with zero attached hydrogens (tertiary/aromatic N) is 3. The number of H-pyrrole nitrogens is 1. The number of benzene rings is 1. The number of aromatic amines is 1. The zero-order valence-electron chi connectivity index (χ0n) is 12.2. The Labute approximate surface area is 134 Å². The second-order valence-electron chi connectivity index (χ2n) is 4.65. The molecule has 0 atom stereocenters. The van der Waals surface area contributed by atoms with E-state index in [2.05, 4.69) is 20.5 Å². The summed E-state index contributed by atoms with van der Waals surface area (Å²) in [5.74, 6) is -0.0523. The summed E-state index contributed by atoms with van der Waals surface area (Å²) >= 11 is 0. The standard InChI is InChI=1S/C15H11N5O4/c21-13-8-12(10-4-2-1-3-5-10)17-15(18-13)19-16-9-11-6-7-14(24-11)20(22)23/h1-9H,(H2,17,18,19,21)/b16-9+. The molecule has 3 rings (SSSR count). The quantitative estimate of drug-likeness (QED) is 0.421.